The molecule has 3 heterocycles. The molecule has 0 saturated carbocycles. The molecule has 1 saturated heterocycles. The molecule has 2 aromatic heterocycles. The maximum Gasteiger partial charge on any atom is 0.246 e. The standard InChI is InChI=1S/C13H16N6O5/c14-11-3-1-2-8(15-11)9-6-18(17-16-9)5-7-4-10(19(22)23)12(20)13(21)24-7/h1-3,6-7,10,12-13,20-21H,4-5H2,(H2,14,15)/t7?,10?,12?,13-/m1/s1. The maximum atomic E-state index is 11.0. The lowest BCUT2D eigenvalue weighted by Gasteiger charge is -2.32. The van der Waals surface area contributed by atoms with Gasteiger partial charge < -0.3 is 20.7 Å². The normalized spacial score (nSPS) is 27.1. The van der Waals surface area contributed by atoms with Crippen LogP contribution < -0.4 is 5.73 Å². The first-order chi connectivity index (χ1) is 11.4. The summed E-state index contributed by atoms with van der Waals surface area (Å²) in [5, 5.41) is 38.1. The van der Waals surface area contributed by atoms with Gasteiger partial charge >= 0.3 is 0 Å². The van der Waals surface area contributed by atoms with Crippen molar-refractivity contribution in [1.29, 1.82) is 0 Å². The average Bonchev–Trinajstić information content (AvgIpc) is 2.99. The highest BCUT2D eigenvalue weighted by Gasteiger charge is 2.44. The zero-order valence-electron chi connectivity index (χ0n) is 12.5. The highest BCUT2D eigenvalue weighted by atomic mass is 16.6. The van der Waals surface area contributed by atoms with E-state index in [2.05, 4.69) is 15.3 Å². The van der Waals surface area contributed by atoms with Crippen LogP contribution in [-0.2, 0) is 11.3 Å². The van der Waals surface area contributed by atoms with Crippen molar-refractivity contribution in [1.82, 2.24) is 20.0 Å². The lowest BCUT2D eigenvalue weighted by atomic mass is 10.0. The Labute approximate surface area is 135 Å². The van der Waals surface area contributed by atoms with E-state index >= 15 is 0 Å². The van der Waals surface area contributed by atoms with Crippen LogP contribution in [0.1, 0.15) is 6.42 Å². The van der Waals surface area contributed by atoms with Gasteiger partial charge in [-0.25, -0.2) is 9.67 Å². The Bertz CT molecular complexity index is 737. The fourth-order valence-corrected chi connectivity index (χ4v) is 2.57. The van der Waals surface area contributed by atoms with Crippen molar-refractivity contribution in [2.24, 2.45) is 0 Å². The number of nitrogen functional groups attached to an aromatic ring is 1. The van der Waals surface area contributed by atoms with E-state index in [0.29, 0.717) is 17.2 Å². The quantitative estimate of drug-likeness (QED) is 0.471. The van der Waals surface area contributed by atoms with Gasteiger partial charge in [-0.1, -0.05) is 11.3 Å². The molecule has 0 spiro atoms. The summed E-state index contributed by atoms with van der Waals surface area (Å²) in [4.78, 5) is 14.5. The number of aliphatic hydroxyl groups is 2. The summed E-state index contributed by atoms with van der Waals surface area (Å²) in [5.74, 6) is 0.351. The monoisotopic (exact) mass is 336 g/mol. The Morgan fingerprint density at radius 2 is 2.21 bits per heavy atom. The van der Waals surface area contributed by atoms with Crippen molar-refractivity contribution in [3.63, 3.8) is 0 Å². The van der Waals surface area contributed by atoms with Crippen molar-refractivity contribution < 1.29 is 19.9 Å². The van der Waals surface area contributed by atoms with Crippen molar-refractivity contribution in [3.8, 4) is 11.4 Å². The summed E-state index contributed by atoms with van der Waals surface area (Å²) in [6.07, 6.45) is -2.29. The van der Waals surface area contributed by atoms with Crippen LogP contribution in [0.4, 0.5) is 5.82 Å². The zero-order chi connectivity index (χ0) is 17.3. The van der Waals surface area contributed by atoms with Crippen LogP contribution in [-0.4, -0.2) is 59.7 Å². The highest BCUT2D eigenvalue weighted by Crippen LogP contribution is 2.23. The Kier molecular flexibility index (Phi) is 4.38. The van der Waals surface area contributed by atoms with Gasteiger partial charge in [0.05, 0.1) is 24.5 Å². The van der Waals surface area contributed by atoms with Crippen molar-refractivity contribution in [2.75, 3.05) is 5.73 Å². The topological polar surface area (TPSA) is 162 Å². The Morgan fingerprint density at radius 1 is 1.42 bits per heavy atom. The number of hydrogen-bond acceptors (Lipinski definition) is 9. The Morgan fingerprint density at radius 3 is 2.92 bits per heavy atom. The summed E-state index contributed by atoms with van der Waals surface area (Å²) in [5.41, 5.74) is 6.66. The second-order valence-electron chi connectivity index (χ2n) is 5.50. The van der Waals surface area contributed by atoms with Crippen LogP contribution in [0.5, 0.6) is 0 Å². The summed E-state index contributed by atoms with van der Waals surface area (Å²) >= 11 is 0. The zero-order valence-corrected chi connectivity index (χ0v) is 12.5. The van der Waals surface area contributed by atoms with E-state index in [1.54, 1.807) is 24.4 Å². The molecule has 0 bridgehead atoms. The van der Waals surface area contributed by atoms with Gasteiger partial charge in [-0.2, -0.15) is 0 Å². The number of nitro groups is 1. The fraction of sp³-hybridized carbons (Fsp3) is 0.462. The molecule has 2 aromatic rings. The number of anilines is 1. The summed E-state index contributed by atoms with van der Waals surface area (Å²) in [6.45, 7) is 0.142. The van der Waals surface area contributed by atoms with Crippen LogP contribution in [0.3, 0.4) is 0 Å². The number of aliphatic hydroxyl groups excluding tert-OH is 2. The van der Waals surface area contributed by atoms with Crippen molar-refractivity contribution >= 4 is 5.82 Å². The predicted octanol–water partition coefficient (Wildman–Crippen LogP) is -0.964. The first-order valence-corrected chi connectivity index (χ1v) is 7.22. The first kappa shape index (κ1) is 16.2. The SMILES string of the molecule is Nc1cccc(-c2cn(CC3CC([N+](=O)[O-])C(O)[C@H](O)O3)nn2)n1. The molecule has 128 valence electrons. The van der Waals surface area contributed by atoms with E-state index in [4.69, 9.17) is 10.5 Å². The number of nitrogens with two attached hydrogens (primary N) is 1. The van der Waals surface area contributed by atoms with Gasteiger partial charge in [-0.05, 0) is 12.1 Å². The molecule has 1 aliphatic heterocycles. The molecule has 1 aliphatic rings. The summed E-state index contributed by atoms with van der Waals surface area (Å²) in [7, 11) is 0. The molecular weight excluding hydrogens is 320 g/mol. The largest absolute Gasteiger partial charge is 0.384 e. The molecule has 11 nitrogen and oxygen atoms in total. The second kappa shape index (κ2) is 6.47. The highest BCUT2D eigenvalue weighted by molar-refractivity contribution is 5.54. The lowest BCUT2D eigenvalue weighted by molar-refractivity contribution is -0.551. The predicted molar refractivity (Wildman–Crippen MR) is 80.0 cm³/mol. The number of aromatic nitrogens is 4. The second-order valence-corrected chi connectivity index (χ2v) is 5.50. The molecule has 4 atom stereocenters. The summed E-state index contributed by atoms with van der Waals surface area (Å²) in [6, 6.07) is 3.82. The maximum absolute atomic E-state index is 11.0. The van der Waals surface area contributed by atoms with Gasteiger partial charge in [-0.15, -0.1) is 5.10 Å². The minimum Gasteiger partial charge on any atom is -0.384 e. The van der Waals surface area contributed by atoms with Crippen LogP contribution in [0.2, 0.25) is 0 Å². The summed E-state index contributed by atoms with van der Waals surface area (Å²) < 4.78 is 6.63. The molecule has 1 fully saturated rings. The van der Waals surface area contributed by atoms with E-state index in [-0.39, 0.29) is 13.0 Å². The van der Waals surface area contributed by atoms with E-state index in [1.807, 2.05) is 0 Å². The first-order valence-electron chi connectivity index (χ1n) is 7.22. The smallest absolute Gasteiger partial charge is 0.246 e. The minimum atomic E-state index is -1.61. The van der Waals surface area contributed by atoms with Gasteiger partial charge in [0.1, 0.15) is 11.5 Å². The average molecular weight is 336 g/mol. The van der Waals surface area contributed by atoms with E-state index < -0.39 is 29.5 Å². The number of hydrogen-bond donors (Lipinski definition) is 3. The van der Waals surface area contributed by atoms with Crippen molar-refractivity contribution in [2.45, 2.75) is 37.5 Å². The number of pyridine rings is 1. The van der Waals surface area contributed by atoms with Gasteiger partial charge in [0.25, 0.3) is 0 Å². The third kappa shape index (κ3) is 3.32. The van der Waals surface area contributed by atoms with Gasteiger partial charge in [-0.3, -0.25) is 10.1 Å². The molecule has 0 amide bonds. The van der Waals surface area contributed by atoms with Crippen LogP contribution in [0.15, 0.2) is 24.4 Å². The number of rotatable bonds is 4. The molecule has 3 unspecified atom stereocenters. The molecular formula is C13H16N6O5. The van der Waals surface area contributed by atoms with Crippen LogP contribution in [0.25, 0.3) is 11.4 Å². The molecule has 3 rings (SSSR count). The lowest BCUT2D eigenvalue weighted by Crippen LogP contribution is -2.52. The molecule has 0 radical (unpaired) electrons. The third-order valence-electron chi connectivity index (χ3n) is 3.76. The number of ether oxygens (including phenoxy) is 1. The Balaban J connectivity index is 1.71. The molecule has 0 aliphatic carbocycles. The molecule has 4 N–H and O–H groups in total. The van der Waals surface area contributed by atoms with Gasteiger partial charge in [0.2, 0.25) is 6.04 Å². The fourth-order valence-electron chi connectivity index (χ4n) is 2.57. The molecule has 11 heteroatoms. The minimum absolute atomic E-state index is 0.0447. The van der Waals surface area contributed by atoms with E-state index in [0.717, 1.165) is 0 Å². The molecule has 24 heavy (non-hydrogen) atoms. The third-order valence-corrected chi connectivity index (χ3v) is 3.76. The van der Waals surface area contributed by atoms with Crippen molar-refractivity contribution in [3.05, 3.63) is 34.5 Å². The van der Waals surface area contributed by atoms with Crippen LogP contribution >= 0.6 is 0 Å². The van der Waals surface area contributed by atoms with E-state index in [9.17, 15) is 20.3 Å². The number of nitrogens with zero attached hydrogens (tertiary/aromatic N) is 5. The molecule has 0 aromatic carbocycles. The van der Waals surface area contributed by atoms with Gasteiger partial charge in [0, 0.05) is 11.3 Å². The van der Waals surface area contributed by atoms with Gasteiger partial charge in [0.15, 0.2) is 12.4 Å². The Hall–Kier alpha value is -2.63. The van der Waals surface area contributed by atoms with E-state index in [1.165, 1.54) is 4.68 Å². The van der Waals surface area contributed by atoms with Crippen LogP contribution in [0, 0.1) is 10.1 Å².